The number of carboxylic acid groups (broad SMARTS) is 1. The Balaban J connectivity index is 2.01. The molecule has 30 heavy (non-hydrogen) atoms. The SMILES string of the molecule is CSCCC(NC(=O)C(N)Cc1cnc[nH]1)C(=O)NC(Cc1ccccc1)C(=O)O. The molecular weight excluding hydrogens is 406 g/mol. The number of hydrogen-bond acceptors (Lipinski definition) is 6. The summed E-state index contributed by atoms with van der Waals surface area (Å²) in [6.45, 7) is 0. The van der Waals surface area contributed by atoms with Gasteiger partial charge in [-0.1, -0.05) is 30.3 Å². The molecule has 0 aliphatic rings. The zero-order valence-corrected chi connectivity index (χ0v) is 17.5. The Morgan fingerprint density at radius 2 is 1.83 bits per heavy atom. The Kier molecular flexibility index (Phi) is 9.36. The Hall–Kier alpha value is -2.85. The molecule has 162 valence electrons. The van der Waals surface area contributed by atoms with Crippen LogP contribution in [0.15, 0.2) is 42.9 Å². The number of hydrogen-bond donors (Lipinski definition) is 5. The summed E-state index contributed by atoms with van der Waals surface area (Å²) < 4.78 is 0. The van der Waals surface area contributed by atoms with Crippen molar-refractivity contribution in [1.82, 2.24) is 20.6 Å². The van der Waals surface area contributed by atoms with Crippen LogP contribution in [0, 0.1) is 0 Å². The molecule has 0 aliphatic heterocycles. The molecule has 0 saturated carbocycles. The van der Waals surface area contributed by atoms with Crippen LogP contribution in [0.1, 0.15) is 17.7 Å². The minimum atomic E-state index is -1.14. The molecule has 1 heterocycles. The second kappa shape index (κ2) is 12.0. The molecule has 2 rings (SSSR count). The second-order valence-electron chi connectivity index (χ2n) is 6.82. The molecule has 10 heteroatoms. The Morgan fingerprint density at radius 3 is 2.43 bits per heavy atom. The van der Waals surface area contributed by atoms with Gasteiger partial charge < -0.3 is 26.5 Å². The van der Waals surface area contributed by atoms with Gasteiger partial charge in [-0.3, -0.25) is 9.59 Å². The minimum Gasteiger partial charge on any atom is -0.480 e. The Morgan fingerprint density at radius 1 is 1.13 bits per heavy atom. The summed E-state index contributed by atoms with van der Waals surface area (Å²) in [6.07, 6.45) is 5.70. The average molecular weight is 434 g/mol. The molecule has 2 amide bonds. The predicted molar refractivity (Wildman–Crippen MR) is 115 cm³/mol. The van der Waals surface area contributed by atoms with Crippen LogP contribution < -0.4 is 16.4 Å². The van der Waals surface area contributed by atoms with Gasteiger partial charge in [0.2, 0.25) is 11.8 Å². The van der Waals surface area contributed by atoms with Crippen molar-refractivity contribution in [3.05, 3.63) is 54.1 Å². The number of carbonyl (C=O) groups is 3. The van der Waals surface area contributed by atoms with Crippen LogP contribution in [0.25, 0.3) is 0 Å². The summed E-state index contributed by atoms with van der Waals surface area (Å²) in [5, 5.41) is 14.7. The highest BCUT2D eigenvalue weighted by Crippen LogP contribution is 2.07. The number of nitrogens with one attached hydrogen (secondary N) is 3. The molecule has 2 aromatic rings. The molecular formula is C20H27N5O4S. The number of nitrogens with two attached hydrogens (primary N) is 1. The van der Waals surface area contributed by atoms with Crippen molar-refractivity contribution in [3.63, 3.8) is 0 Å². The number of benzene rings is 1. The highest BCUT2D eigenvalue weighted by Gasteiger charge is 2.28. The molecule has 0 saturated heterocycles. The number of nitrogens with zero attached hydrogens (tertiary/aromatic N) is 1. The van der Waals surface area contributed by atoms with Crippen LogP contribution in [0.2, 0.25) is 0 Å². The van der Waals surface area contributed by atoms with Crippen molar-refractivity contribution in [2.24, 2.45) is 5.73 Å². The molecule has 0 spiro atoms. The average Bonchev–Trinajstić information content (AvgIpc) is 3.24. The Labute approximate surface area is 179 Å². The summed E-state index contributed by atoms with van der Waals surface area (Å²) in [5.41, 5.74) is 7.44. The number of H-pyrrole nitrogens is 1. The van der Waals surface area contributed by atoms with Crippen LogP contribution in [-0.4, -0.2) is 63.0 Å². The number of aromatic nitrogens is 2. The predicted octanol–water partition coefficient (Wildman–Crippen LogP) is 0.330. The number of amides is 2. The smallest absolute Gasteiger partial charge is 0.326 e. The largest absolute Gasteiger partial charge is 0.480 e. The van der Waals surface area contributed by atoms with E-state index in [0.29, 0.717) is 17.9 Å². The molecule has 3 unspecified atom stereocenters. The molecule has 9 nitrogen and oxygen atoms in total. The van der Waals surface area contributed by atoms with Crippen molar-refractivity contribution in [2.45, 2.75) is 37.4 Å². The number of rotatable bonds is 12. The van der Waals surface area contributed by atoms with Gasteiger partial charge in [0.1, 0.15) is 12.1 Å². The lowest BCUT2D eigenvalue weighted by atomic mass is 10.0. The fourth-order valence-electron chi connectivity index (χ4n) is 2.83. The number of carbonyl (C=O) groups excluding carboxylic acids is 2. The van der Waals surface area contributed by atoms with Gasteiger partial charge in [0.25, 0.3) is 0 Å². The summed E-state index contributed by atoms with van der Waals surface area (Å²) in [4.78, 5) is 43.7. The number of aliphatic carboxylic acids is 1. The topological polar surface area (TPSA) is 150 Å². The van der Waals surface area contributed by atoms with E-state index in [2.05, 4.69) is 20.6 Å². The maximum atomic E-state index is 12.8. The van der Waals surface area contributed by atoms with Gasteiger partial charge in [-0.15, -0.1) is 0 Å². The van der Waals surface area contributed by atoms with E-state index < -0.39 is 35.9 Å². The first-order valence-electron chi connectivity index (χ1n) is 9.50. The minimum absolute atomic E-state index is 0.143. The molecule has 1 aromatic carbocycles. The number of thioether (sulfide) groups is 1. The molecule has 0 bridgehead atoms. The van der Waals surface area contributed by atoms with Gasteiger partial charge >= 0.3 is 5.97 Å². The fraction of sp³-hybridized carbons (Fsp3) is 0.400. The zero-order valence-electron chi connectivity index (χ0n) is 16.7. The van der Waals surface area contributed by atoms with E-state index >= 15 is 0 Å². The van der Waals surface area contributed by atoms with E-state index in [9.17, 15) is 19.5 Å². The summed E-state index contributed by atoms with van der Waals surface area (Å²) in [7, 11) is 0. The third kappa shape index (κ3) is 7.53. The van der Waals surface area contributed by atoms with Gasteiger partial charge in [-0.25, -0.2) is 9.78 Å². The lowest BCUT2D eigenvalue weighted by Gasteiger charge is -2.23. The van der Waals surface area contributed by atoms with E-state index in [4.69, 9.17) is 5.73 Å². The van der Waals surface area contributed by atoms with Crippen LogP contribution in [0.3, 0.4) is 0 Å². The summed E-state index contributed by atoms with van der Waals surface area (Å²) in [5.74, 6) is -1.56. The molecule has 6 N–H and O–H groups in total. The van der Waals surface area contributed by atoms with Crippen molar-refractivity contribution in [2.75, 3.05) is 12.0 Å². The highest BCUT2D eigenvalue weighted by atomic mass is 32.2. The van der Waals surface area contributed by atoms with E-state index in [-0.39, 0.29) is 12.8 Å². The molecule has 0 fully saturated rings. The van der Waals surface area contributed by atoms with Crippen LogP contribution in [-0.2, 0) is 27.2 Å². The first-order chi connectivity index (χ1) is 14.4. The Bertz CT molecular complexity index is 816. The number of imidazole rings is 1. The van der Waals surface area contributed by atoms with Gasteiger partial charge in [0.15, 0.2) is 0 Å². The fourth-order valence-corrected chi connectivity index (χ4v) is 3.30. The van der Waals surface area contributed by atoms with Gasteiger partial charge in [-0.05, 0) is 24.0 Å². The van der Waals surface area contributed by atoms with Crippen LogP contribution >= 0.6 is 11.8 Å². The molecule has 3 atom stereocenters. The number of aromatic amines is 1. The van der Waals surface area contributed by atoms with Crippen molar-refractivity contribution >= 4 is 29.5 Å². The summed E-state index contributed by atoms with van der Waals surface area (Å²) in [6, 6.07) is 6.18. The molecule has 1 aromatic heterocycles. The molecule has 0 aliphatic carbocycles. The quantitative estimate of drug-likeness (QED) is 0.324. The number of carboxylic acids is 1. The van der Waals surface area contributed by atoms with Crippen molar-refractivity contribution < 1.29 is 19.5 Å². The van der Waals surface area contributed by atoms with Crippen molar-refractivity contribution in [1.29, 1.82) is 0 Å². The standard InChI is InChI=1S/C20H27N5O4S/c1-30-8-7-16(24-18(26)15(21)10-14-11-22-12-23-14)19(27)25-17(20(28)29)9-13-5-3-2-4-6-13/h2-6,11-12,15-17H,7-10,21H2,1H3,(H,22,23)(H,24,26)(H,25,27)(H,28,29). The van der Waals surface area contributed by atoms with E-state index in [1.165, 1.54) is 18.1 Å². The van der Waals surface area contributed by atoms with E-state index in [1.54, 1.807) is 30.5 Å². The van der Waals surface area contributed by atoms with Gasteiger partial charge in [0, 0.05) is 24.7 Å². The lowest BCUT2D eigenvalue weighted by Crippen LogP contribution is -2.55. The van der Waals surface area contributed by atoms with Crippen LogP contribution in [0.5, 0.6) is 0 Å². The van der Waals surface area contributed by atoms with E-state index in [0.717, 1.165) is 5.56 Å². The summed E-state index contributed by atoms with van der Waals surface area (Å²) >= 11 is 1.52. The van der Waals surface area contributed by atoms with E-state index in [1.807, 2.05) is 12.3 Å². The third-order valence-corrected chi connectivity index (χ3v) is 5.12. The maximum absolute atomic E-state index is 12.8. The maximum Gasteiger partial charge on any atom is 0.326 e. The molecule has 0 radical (unpaired) electrons. The normalized spacial score (nSPS) is 13.8. The monoisotopic (exact) mass is 433 g/mol. The first-order valence-corrected chi connectivity index (χ1v) is 10.9. The van der Waals surface area contributed by atoms with Gasteiger partial charge in [0.05, 0.1) is 12.4 Å². The lowest BCUT2D eigenvalue weighted by molar-refractivity contribution is -0.142. The van der Waals surface area contributed by atoms with Crippen molar-refractivity contribution in [3.8, 4) is 0 Å². The zero-order chi connectivity index (χ0) is 21.9. The van der Waals surface area contributed by atoms with Gasteiger partial charge in [-0.2, -0.15) is 11.8 Å². The second-order valence-corrected chi connectivity index (χ2v) is 7.80. The highest BCUT2D eigenvalue weighted by molar-refractivity contribution is 7.98. The van der Waals surface area contributed by atoms with Crippen LogP contribution in [0.4, 0.5) is 0 Å². The third-order valence-electron chi connectivity index (χ3n) is 4.47. The first kappa shape index (κ1) is 23.4.